The van der Waals surface area contributed by atoms with E-state index in [-0.39, 0.29) is 23.4 Å². The first-order chi connectivity index (χ1) is 13.4. The van der Waals surface area contributed by atoms with Gasteiger partial charge in [0.2, 0.25) is 0 Å². The molecule has 1 saturated heterocycles. The number of ether oxygens (including phenoxy) is 1. The number of hydrogen-bond donors (Lipinski definition) is 0. The summed E-state index contributed by atoms with van der Waals surface area (Å²) in [6.45, 7) is 1.09. The number of methoxy groups -OCH3 is 1. The number of nitrogens with zero attached hydrogens (tertiary/aromatic N) is 3. The Bertz CT molecular complexity index is 864. The van der Waals surface area contributed by atoms with Gasteiger partial charge in [0, 0.05) is 44.2 Å². The molecule has 148 valence electrons. The highest BCUT2D eigenvalue weighted by molar-refractivity contribution is 5.97. The van der Waals surface area contributed by atoms with Crippen molar-refractivity contribution >= 4 is 17.8 Å². The number of aromatic nitrogens is 1. The number of oxazole rings is 1. The fourth-order valence-corrected chi connectivity index (χ4v) is 3.34. The average molecular weight is 385 g/mol. The summed E-state index contributed by atoms with van der Waals surface area (Å²) in [5.74, 6) is -0.165. The molecule has 0 radical (unpaired) electrons. The molecule has 0 bridgehead atoms. The lowest BCUT2D eigenvalue weighted by molar-refractivity contribution is 0.0586. The van der Waals surface area contributed by atoms with E-state index in [4.69, 9.17) is 9.15 Å². The maximum atomic E-state index is 12.8. The van der Waals surface area contributed by atoms with Crippen molar-refractivity contribution in [1.82, 2.24) is 14.8 Å². The van der Waals surface area contributed by atoms with Gasteiger partial charge in [0.15, 0.2) is 12.1 Å². The van der Waals surface area contributed by atoms with Gasteiger partial charge in [0.1, 0.15) is 5.76 Å². The smallest absolute Gasteiger partial charge is 0.360 e. The van der Waals surface area contributed by atoms with Crippen molar-refractivity contribution in [2.24, 2.45) is 0 Å². The number of esters is 1. The molecule has 2 aromatic rings. The Balaban J connectivity index is 1.63. The zero-order valence-corrected chi connectivity index (χ0v) is 16.2. The van der Waals surface area contributed by atoms with E-state index in [2.05, 4.69) is 4.98 Å². The third-order valence-electron chi connectivity index (χ3n) is 4.91. The Hall–Kier alpha value is -3.16. The van der Waals surface area contributed by atoms with Gasteiger partial charge in [0.05, 0.1) is 7.11 Å². The normalized spacial score (nSPS) is 14.6. The predicted molar refractivity (Wildman–Crippen MR) is 100 cm³/mol. The lowest BCUT2D eigenvalue weighted by Gasteiger charge is -2.31. The highest BCUT2D eigenvalue weighted by Gasteiger charge is 2.30. The van der Waals surface area contributed by atoms with Gasteiger partial charge < -0.3 is 19.0 Å². The monoisotopic (exact) mass is 385 g/mol. The molecule has 28 heavy (non-hydrogen) atoms. The fraction of sp³-hybridized carbons (Fsp3) is 0.400. The van der Waals surface area contributed by atoms with Gasteiger partial charge >= 0.3 is 5.97 Å². The summed E-state index contributed by atoms with van der Waals surface area (Å²) in [6.07, 6.45) is 2.58. The van der Waals surface area contributed by atoms with Gasteiger partial charge in [-0.3, -0.25) is 9.59 Å². The molecule has 1 fully saturated rings. The number of amides is 2. The number of benzene rings is 1. The van der Waals surface area contributed by atoms with Gasteiger partial charge in [-0.1, -0.05) is 0 Å². The van der Waals surface area contributed by atoms with Gasteiger partial charge in [-0.25, -0.2) is 9.78 Å². The minimum absolute atomic E-state index is 0.0146. The molecule has 1 aromatic heterocycles. The second-order valence-electron chi connectivity index (χ2n) is 6.90. The predicted octanol–water partition coefficient (Wildman–Crippen LogP) is 2.18. The topological polar surface area (TPSA) is 93.0 Å². The molecule has 2 amide bonds. The number of likely N-dealkylation sites (tertiary alicyclic amines) is 1. The highest BCUT2D eigenvalue weighted by Crippen LogP contribution is 2.31. The molecule has 2 heterocycles. The van der Waals surface area contributed by atoms with E-state index < -0.39 is 5.97 Å². The van der Waals surface area contributed by atoms with Crippen molar-refractivity contribution in [3.8, 4) is 0 Å². The van der Waals surface area contributed by atoms with Crippen LogP contribution in [0.1, 0.15) is 55.7 Å². The summed E-state index contributed by atoms with van der Waals surface area (Å²) < 4.78 is 10.1. The molecule has 0 atom stereocenters. The number of hydrogen-bond acceptors (Lipinski definition) is 6. The Morgan fingerprint density at radius 2 is 1.71 bits per heavy atom. The first kappa shape index (κ1) is 19.6. The quantitative estimate of drug-likeness (QED) is 0.749. The second kappa shape index (κ2) is 8.24. The largest absolute Gasteiger partial charge is 0.464 e. The van der Waals surface area contributed by atoms with Crippen LogP contribution in [0.2, 0.25) is 0 Å². The molecule has 1 aromatic carbocycles. The Kier molecular flexibility index (Phi) is 5.77. The molecular formula is C20H23N3O5. The van der Waals surface area contributed by atoms with Crippen LogP contribution in [0.3, 0.4) is 0 Å². The fourth-order valence-electron chi connectivity index (χ4n) is 3.34. The zero-order chi connectivity index (χ0) is 20.3. The molecule has 0 aliphatic carbocycles. The molecule has 1 aliphatic heterocycles. The van der Waals surface area contributed by atoms with Crippen molar-refractivity contribution < 1.29 is 23.5 Å². The molecule has 8 nitrogen and oxygen atoms in total. The lowest BCUT2D eigenvalue weighted by atomic mass is 9.92. The molecule has 1 aliphatic rings. The maximum Gasteiger partial charge on any atom is 0.360 e. The SMILES string of the molecule is COC(=O)c1ncoc1C1CCN(C(=O)c2ccc(C(=O)N(C)C)cc2)CC1. The first-order valence-electron chi connectivity index (χ1n) is 9.05. The highest BCUT2D eigenvalue weighted by atomic mass is 16.5. The van der Waals surface area contributed by atoms with Crippen molar-refractivity contribution in [2.75, 3.05) is 34.3 Å². The van der Waals surface area contributed by atoms with Crippen LogP contribution in [0.5, 0.6) is 0 Å². The van der Waals surface area contributed by atoms with Gasteiger partial charge in [-0.15, -0.1) is 0 Å². The maximum absolute atomic E-state index is 12.8. The zero-order valence-electron chi connectivity index (χ0n) is 16.2. The van der Waals surface area contributed by atoms with Crippen molar-refractivity contribution in [1.29, 1.82) is 0 Å². The minimum atomic E-state index is -0.519. The Morgan fingerprint density at radius 1 is 1.11 bits per heavy atom. The Morgan fingerprint density at radius 3 is 2.29 bits per heavy atom. The minimum Gasteiger partial charge on any atom is -0.464 e. The molecular weight excluding hydrogens is 362 g/mol. The molecule has 0 N–H and O–H groups in total. The van der Waals surface area contributed by atoms with E-state index in [1.807, 2.05) is 0 Å². The van der Waals surface area contributed by atoms with E-state index in [0.29, 0.717) is 42.8 Å². The lowest BCUT2D eigenvalue weighted by Crippen LogP contribution is -2.38. The van der Waals surface area contributed by atoms with Crippen LogP contribution in [0.15, 0.2) is 35.1 Å². The third-order valence-corrected chi connectivity index (χ3v) is 4.91. The van der Waals surface area contributed by atoms with E-state index in [0.717, 1.165) is 0 Å². The van der Waals surface area contributed by atoms with Crippen molar-refractivity contribution in [3.63, 3.8) is 0 Å². The summed E-state index contributed by atoms with van der Waals surface area (Å²) in [5.41, 5.74) is 1.29. The van der Waals surface area contributed by atoms with Crippen LogP contribution in [-0.4, -0.2) is 66.9 Å². The van der Waals surface area contributed by atoms with E-state index in [1.54, 1.807) is 43.3 Å². The number of carbonyl (C=O) groups excluding carboxylic acids is 3. The van der Waals surface area contributed by atoms with Crippen LogP contribution in [0.4, 0.5) is 0 Å². The van der Waals surface area contributed by atoms with Crippen molar-refractivity contribution in [2.45, 2.75) is 18.8 Å². The second-order valence-corrected chi connectivity index (χ2v) is 6.90. The van der Waals surface area contributed by atoms with E-state index >= 15 is 0 Å². The summed E-state index contributed by atoms with van der Waals surface area (Å²) in [5, 5.41) is 0. The number of piperidine rings is 1. The summed E-state index contributed by atoms with van der Waals surface area (Å²) in [4.78, 5) is 43.7. The summed E-state index contributed by atoms with van der Waals surface area (Å²) in [7, 11) is 4.68. The first-order valence-corrected chi connectivity index (χ1v) is 9.05. The van der Waals surface area contributed by atoms with Crippen LogP contribution in [-0.2, 0) is 4.74 Å². The van der Waals surface area contributed by atoms with Gasteiger partial charge in [-0.05, 0) is 37.1 Å². The van der Waals surface area contributed by atoms with Crippen molar-refractivity contribution in [3.05, 3.63) is 53.2 Å². The Labute approximate surface area is 163 Å². The molecule has 3 rings (SSSR count). The van der Waals surface area contributed by atoms with E-state index in [9.17, 15) is 14.4 Å². The van der Waals surface area contributed by atoms with Crippen LogP contribution in [0.25, 0.3) is 0 Å². The molecule has 0 saturated carbocycles. The standard InChI is InChI=1S/C20H23N3O5/c1-22(2)18(24)14-4-6-15(7-5-14)19(25)23-10-8-13(9-11-23)17-16(20(26)27-3)21-12-28-17/h4-7,12-13H,8-11H2,1-3H3. The number of rotatable bonds is 4. The van der Waals surface area contributed by atoms with E-state index in [1.165, 1.54) is 18.4 Å². The molecule has 8 heteroatoms. The van der Waals surface area contributed by atoms with Gasteiger partial charge in [0.25, 0.3) is 11.8 Å². The van der Waals surface area contributed by atoms with Crippen LogP contribution < -0.4 is 0 Å². The number of carbonyl (C=O) groups is 3. The summed E-state index contributed by atoms with van der Waals surface area (Å²) in [6, 6.07) is 6.69. The van der Waals surface area contributed by atoms with Crippen LogP contribution in [0, 0.1) is 0 Å². The third kappa shape index (κ3) is 3.90. The van der Waals surface area contributed by atoms with Gasteiger partial charge in [-0.2, -0.15) is 0 Å². The van der Waals surface area contributed by atoms with Crippen LogP contribution >= 0.6 is 0 Å². The summed E-state index contributed by atoms with van der Waals surface area (Å²) >= 11 is 0. The molecule has 0 unspecified atom stereocenters. The average Bonchev–Trinajstić information content (AvgIpc) is 3.22. The molecule has 0 spiro atoms.